The summed E-state index contributed by atoms with van der Waals surface area (Å²) in [6.07, 6.45) is 0.538. The minimum Gasteiger partial charge on any atom is -0.378 e. The minimum absolute atomic E-state index is 0.00943. The van der Waals surface area contributed by atoms with Crippen LogP contribution in [0.25, 0.3) is 0 Å². The molecule has 6 heteroatoms. The molecule has 2 atom stereocenters. The van der Waals surface area contributed by atoms with E-state index in [1.807, 2.05) is 32.9 Å². The standard InChI is InChI=1S/C18H27N3O3/c1-5-24-15-10-18(19,17(15,3)4)16(23)20-11-13-6-8-14(9-7-13)21-12(2)22/h6-9,15H,5,10-11,19H2,1-4H3,(H,20,23)(H,21,22). The van der Waals surface area contributed by atoms with E-state index in [0.717, 1.165) is 11.3 Å². The number of ether oxygens (including phenoxy) is 1. The lowest BCUT2D eigenvalue weighted by Gasteiger charge is -2.57. The zero-order valence-electron chi connectivity index (χ0n) is 14.8. The molecule has 2 rings (SSSR count). The quantitative estimate of drug-likeness (QED) is 0.740. The predicted molar refractivity (Wildman–Crippen MR) is 93.3 cm³/mol. The Morgan fingerprint density at radius 1 is 1.29 bits per heavy atom. The molecule has 1 aromatic rings. The molecule has 1 fully saturated rings. The van der Waals surface area contributed by atoms with Crippen LogP contribution in [0.4, 0.5) is 5.69 Å². The van der Waals surface area contributed by atoms with Crippen LogP contribution in [0.2, 0.25) is 0 Å². The lowest BCUT2D eigenvalue weighted by atomic mass is 9.54. The normalized spacial score (nSPS) is 24.8. The van der Waals surface area contributed by atoms with Crippen LogP contribution in [0, 0.1) is 5.41 Å². The molecular formula is C18H27N3O3. The van der Waals surface area contributed by atoms with Gasteiger partial charge in [0.15, 0.2) is 0 Å². The number of rotatable bonds is 6. The topological polar surface area (TPSA) is 93.4 Å². The Labute approximate surface area is 143 Å². The van der Waals surface area contributed by atoms with Gasteiger partial charge in [0, 0.05) is 37.6 Å². The number of carbonyl (C=O) groups excluding carboxylic acids is 2. The van der Waals surface area contributed by atoms with Crippen molar-refractivity contribution in [3.05, 3.63) is 29.8 Å². The molecule has 6 nitrogen and oxygen atoms in total. The van der Waals surface area contributed by atoms with Gasteiger partial charge in [-0.2, -0.15) is 0 Å². The monoisotopic (exact) mass is 333 g/mol. The number of nitrogens with one attached hydrogen (secondary N) is 2. The second-order valence-corrected chi connectivity index (χ2v) is 6.90. The molecule has 0 aromatic heterocycles. The van der Waals surface area contributed by atoms with E-state index in [9.17, 15) is 9.59 Å². The van der Waals surface area contributed by atoms with E-state index in [1.165, 1.54) is 6.92 Å². The van der Waals surface area contributed by atoms with Gasteiger partial charge in [0.2, 0.25) is 11.8 Å². The first-order valence-electron chi connectivity index (χ1n) is 8.26. The summed E-state index contributed by atoms with van der Waals surface area (Å²) in [5.74, 6) is -0.272. The largest absolute Gasteiger partial charge is 0.378 e. The molecule has 0 radical (unpaired) electrons. The van der Waals surface area contributed by atoms with E-state index in [1.54, 1.807) is 12.1 Å². The fourth-order valence-electron chi connectivity index (χ4n) is 3.07. The molecule has 1 aromatic carbocycles. The first-order valence-corrected chi connectivity index (χ1v) is 8.26. The van der Waals surface area contributed by atoms with Crippen molar-refractivity contribution in [3.8, 4) is 0 Å². The van der Waals surface area contributed by atoms with Crippen LogP contribution in [0.15, 0.2) is 24.3 Å². The SMILES string of the molecule is CCOC1CC(N)(C(=O)NCc2ccc(NC(C)=O)cc2)C1(C)C. The molecule has 132 valence electrons. The van der Waals surface area contributed by atoms with E-state index in [0.29, 0.717) is 19.6 Å². The van der Waals surface area contributed by atoms with E-state index in [-0.39, 0.29) is 17.9 Å². The first-order chi connectivity index (χ1) is 11.2. The maximum Gasteiger partial charge on any atom is 0.241 e. The number of hydrogen-bond donors (Lipinski definition) is 3. The minimum atomic E-state index is -0.914. The zero-order valence-corrected chi connectivity index (χ0v) is 14.8. The van der Waals surface area contributed by atoms with Crippen LogP contribution in [0.1, 0.15) is 39.7 Å². The Bertz CT molecular complexity index is 612. The van der Waals surface area contributed by atoms with Gasteiger partial charge in [0.1, 0.15) is 5.54 Å². The van der Waals surface area contributed by atoms with Crippen LogP contribution in [-0.4, -0.2) is 30.1 Å². The van der Waals surface area contributed by atoms with E-state index in [4.69, 9.17) is 10.5 Å². The lowest BCUT2D eigenvalue weighted by molar-refractivity contribution is -0.170. The van der Waals surface area contributed by atoms with Gasteiger partial charge in [-0.3, -0.25) is 9.59 Å². The van der Waals surface area contributed by atoms with Crippen molar-refractivity contribution >= 4 is 17.5 Å². The summed E-state index contributed by atoms with van der Waals surface area (Å²) >= 11 is 0. The molecule has 24 heavy (non-hydrogen) atoms. The third kappa shape index (κ3) is 3.44. The summed E-state index contributed by atoms with van der Waals surface area (Å²) in [7, 11) is 0. The van der Waals surface area contributed by atoms with Crippen molar-refractivity contribution in [2.45, 2.75) is 52.3 Å². The molecule has 1 aliphatic carbocycles. The van der Waals surface area contributed by atoms with Gasteiger partial charge in [0.25, 0.3) is 0 Å². The highest BCUT2D eigenvalue weighted by molar-refractivity contribution is 5.89. The van der Waals surface area contributed by atoms with Crippen LogP contribution in [0.5, 0.6) is 0 Å². The predicted octanol–water partition coefficient (Wildman–Crippen LogP) is 1.79. The summed E-state index contributed by atoms with van der Waals surface area (Å²) in [5.41, 5.74) is 6.71. The van der Waals surface area contributed by atoms with E-state index in [2.05, 4.69) is 10.6 Å². The molecule has 2 unspecified atom stereocenters. The second-order valence-electron chi connectivity index (χ2n) is 6.90. The Morgan fingerprint density at radius 3 is 2.42 bits per heavy atom. The number of carbonyl (C=O) groups is 2. The van der Waals surface area contributed by atoms with Gasteiger partial charge in [-0.15, -0.1) is 0 Å². The lowest BCUT2D eigenvalue weighted by Crippen LogP contribution is -2.75. The van der Waals surface area contributed by atoms with E-state index >= 15 is 0 Å². The number of nitrogens with two attached hydrogens (primary N) is 1. The molecule has 0 heterocycles. The molecule has 4 N–H and O–H groups in total. The number of anilines is 1. The number of benzene rings is 1. The number of hydrogen-bond acceptors (Lipinski definition) is 4. The van der Waals surface area contributed by atoms with Crippen molar-refractivity contribution in [2.75, 3.05) is 11.9 Å². The molecular weight excluding hydrogens is 306 g/mol. The Balaban J connectivity index is 1.92. The highest BCUT2D eigenvalue weighted by Crippen LogP contribution is 2.49. The van der Waals surface area contributed by atoms with Crippen molar-refractivity contribution in [3.63, 3.8) is 0 Å². The average molecular weight is 333 g/mol. The van der Waals surface area contributed by atoms with Gasteiger partial charge < -0.3 is 21.1 Å². The molecule has 1 aliphatic rings. The average Bonchev–Trinajstić information content (AvgIpc) is 2.53. The van der Waals surface area contributed by atoms with Crippen molar-refractivity contribution in [1.82, 2.24) is 5.32 Å². The van der Waals surface area contributed by atoms with Gasteiger partial charge in [0.05, 0.1) is 6.10 Å². The summed E-state index contributed by atoms with van der Waals surface area (Å²) in [4.78, 5) is 23.6. The van der Waals surface area contributed by atoms with E-state index < -0.39 is 11.0 Å². The van der Waals surface area contributed by atoms with Crippen LogP contribution >= 0.6 is 0 Å². The van der Waals surface area contributed by atoms with Crippen molar-refractivity contribution in [2.24, 2.45) is 11.1 Å². The number of amides is 2. The maximum atomic E-state index is 12.5. The van der Waals surface area contributed by atoms with Crippen molar-refractivity contribution < 1.29 is 14.3 Å². The Kier molecular flexibility index (Phi) is 5.30. The van der Waals surface area contributed by atoms with Gasteiger partial charge in [-0.05, 0) is 24.6 Å². The van der Waals surface area contributed by atoms with Gasteiger partial charge in [-0.25, -0.2) is 0 Å². The fourth-order valence-corrected chi connectivity index (χ4v) is 3.07. The second kappa shape index (κ2) is 6.91. The summed E-state index contributed by atoms with van der Waals surface area (Å²) < 4.78 is 5.65. The zero-order chi connectivity index (χ0) is 18.0. The summed E-state index contributed by atoms with van der Waals surface area (Å²) in [5, 5.41) is 5.62. The smallest absolute Gasteiger partial charge is 0.241 e. The van der Waals surface area contributed by atoms with Gasteiger partial charge in [-0.1, -0.05) is 26.0 Å². The Hall–Kier alpha value is -1.92. The molecule has 0 spiro atoms. The van der Waals surface area contributed by atoms with Crippen molar-refractivity contribution in [1.29, 1.82) is 0 Å². The highest BCUT2D eigenvalue weighted by atomic mass is 16.5. The molecule has 0 bridgehead atoms. The summed E-state index contributed by atoms with van der Waals surface area (Å²) in [6.45, 7) is 8.36. The van der Waals surface area contributed by atoms with Crippen LogP contribution < -0.4 is 16.4 Å². The first kappa shape index (κ1) is 18.4. The van der Waals surface area contributed by atoms with Gasteiger partial charge >= 0.3 is 0 Å². The molecule has 1 saturated carbocycles. The summed E-state index contributed by atoms with van der Waals surface area (Å²) in [6, 6.07) is 7.34. The van der Waals surface area contributed by atoms with Crippen LogP contribution in [0.3, 0.4) is 0 Å². The fraction of sp³-hybridized carbons (Fsp3) is 0.556. The third-order valence-corrected chi connectivity index (χ3v) is 4.96. The molecule has 0 aliphatic heterocycles. The third-order valence-electron chi connectivity index (χ3n) is 4.96. The highest BCUT2D eigenvalue weighted by Gasteiger charge is 2.62. The maximum absolute atomic E-state index is 12.5. The molecule has 2 amide bonds. The van der Waals surface area contributed by atoms with Crippen LogP contribution in [-0.2, 0) is 20.9 Å². The Morgan fingerprint density at radius 2 is 1.92 bits per heavy atom. The molecule has 0 saturated heterocycles.